The summed E-state index contributed by atoms with van der Waals surface area (Å²) in [7, 11) is 0. The summed E-state index contributed by atoms with van der Waals surface area (Å²) in [5, 5.41) is 5.14. The molecule has 0 aliphatic rings. The van der Waals surface area contributed by atoms with E-state index >= 15 is 0 Å². The quantitative estimate of drug-likeness (QED) is 0.425. The topological polar surface area (TPSA) is 63.8 Å². The van der Waals surface area contributed by atoms with Crippen LogP contribution in [-0.4, -0.2) is 22.6 Å². The van der Waals surface area contributed by atoms with Crippen LogP contribution in [-0.2, 0) is 12.6 Å². The lowest BCUT2D eigenvalue weighted by atomic mass is 10.0. The predicted molar refractivity (Wildman–Crippen MR) is 112 cm³/mol. The van der Waals surface area contributed by atoms with Gasteiger partial charge in [-0.05, 0) is 41.6 Å². The van der Waals surface area contributed by atoms with Gasteiger partial charge < -0.3 is 11.1 Å². The maximum absolute atomic E-state index is 12.6. The summed E-state index contributed by atoms with van der Waals surface area (Å²) in [5.74, 6) is 0. The second-order valence-corrected chi connectivity index (χ2v) is 8.71. The number of anilines is 1. The van der Waals surface area contributed by atoms with Crippen molar-refractivity contribution in [2.75, 3.05) is 11.9 Å². The molecule has 1 atom stereocenters. The highest BCUT2D eigenvalue weighted by Crippen LogP contribution is 2.37. The van der Waals surface area contributed by atoms with Gasteiger partial charge in [-0.25, -0.2) is 4.98 Å². The van der Waals surface area contributed by atoms with Crippen molar-refractivity contribution < 1.29 is 13.2 Å². The molecule has 0 saturated heterocycles. The van der Waals surface area contributed by atoms with Crippen molar-refractivity contribution in [1.82, 2.24) is 9.97 Å². The summed E-state index contributed by atoms with van der Waals surface area (Å²) >= 11 is 3.21. The molecule has 9 heteroatoms. The van der Waals surface area contributed by atoms with E-state index in [2.05, 4.69) is 21.4 Å². The van der Waals surface area contributed by atoms with Crippen molar-refractivity contribution >= 4 is 37.9 Å². The first-order valence-corrected chi connectivity index (χ1v) is 10.5. The third kappa shape index (κ3) is 4.75. The van der Waals surface area contributed by atoms with E-state index in [0.717, 1.165) is 42.7 Å². The van der Waals surface area contributed by atoms with Gasteiger partial charge in [0.1, 0.15) is 0 Å². The molecule has 0 bridgehead atoms. The fraction of sp³-hybridized carbons (Fsp3) is 0.200. The second-order valence-electron chi connectivity index (χ2n) is 6.59. The first-order chi connectivity index (χ1) is 13.9. The SMILES string of the molecule is NC(CNc1ncc(-c2cc3ccncc3s2)s1)Cc1ccc(C(F)(F)F)cc1. The van der Waals surface area contributed by atoms with Crippen molar-refractivity contribution in [2.24, 2.45) is 5.73 Å². The number of nitrogens with zero attached hydrogens (tertiary/aromatic N) is 2. The molecule has 4 rings (SSSR count). The van der Waals surface area contributed by atoms with Gasteiger partial charge in [-0.15, -0.1) is 11.3 Å². The fourth-order valence-electron chi connectivity index (χ4n) is 2.90. The molecule has 0 fully saturated rings. The van der Waals surface area contributed by atoms with Crippen molar-refractivity contribution in [1.29, 1.82) is 0 Å². The van der Waals surface area contributed by atoms with E-state index in [-0.39, 0.29) is 6.04 Å². The molecule has 150 valence electrons. The van der Waals surface area contributed by atoms with Gasteiger partial charge in [0.05, 0.1) is 15.1 Å². The summed E-state index contributed by atoms with van der Waals surface area (Å²) in [4.78, 5) is 10.7. The predicted octanol–water partition coefficient (Wildman–Crippen LogP) is 5.42. The maximum Gasteiger partial charge on any atom is 0.416 e. The fourth-order valence-corrected chi connectivity index (χ4v) is 4.82. The number of halogens is 3. The number of nitrogens with one attached hydrogen (secondary N) is 1. The normalized spacial score (nSPS) is 13.0. The molecule has 3 aromatic heterocycles. The zero-order valence-corrected chi connectivity index (χ0v) is 16.7. The molecule has 0 saturated carbocycles. The third-order valence-electron chi connectivity index (χ3n) is 4.37. The summed E-state index contributed by atoms with van der Waals surface area (Å²) in [5.41, 5.74) is 6.25. The highest BCUT2D eigenvalue weighted by atomic mass is 32.1. The molecule has 0 aliphatic carbocycles. The van der Waals surface area contributed by atoms with E-state index in [1.54, 1.807) is 28.9 Å². The summed E-state index contributed by atoms with van der Waals surface area (Å²) in [6, 6.07) is 8.98. The Balaban J connectivity index is 1.34. The first kappa shape index (κ1) is 19.8. The van der Waals surface area contributed by atoms with Crippen LogP contribution in [0.25, 0.3) is 19.8 Å². The molecule has 1 aromatic carbocycles. The van der Waals surface area contributed by atoms with Crippen LogP contribution < -0.4 is 11.1 Å². The number of nitrogens with two attached hydrogens (primary N) is 1. The van der Waals surface area contributed by atoms with Gasteiger partial charge in [0.25, 0.3) is 0 Å². The van der Waals surface area contributed by atoms with Crippen LogP contribution in [0.1, 0.15) is 11.1 Å². The maximum atomic E-state index is 12.6. The van der Waals surface area contributed by atoms with Gasteiger partial charge in [0, 0.05) is 36.1 Å². The summed E-state index contributed by atoms with van der Waals surface area (Å²) in [6.45, 7) is 0.476. The van der Waals surface area contributed by atoms with Crippen LogP contribution >= 0.6 is 22.7 Å². The zero-order chi connectivity index (χ0) is 20.4. The van der Waals surface area contributed by atoms with E-state index in [4.69, 9.17) is 5.73 Å². The Kier molecular flexibility index (Phi) is 5.53. The van der Waals surface area contributed by atoms with Crippen LogP contribution in [0.5, 0.6) is 0 Å². The van der Waals surface area contributed by atoms with Crippen LogP contribution in [0.3, 0.4) is 0 Å². The number of pyridine rings is 1. The molecule has 3 N–H and O–H groups in total. The molecule has 0 radical (unpaired) electrons. The highest BCUT2D eigenvalue weighted by Gasteiger charge is 2.29. The van der Waals surface area contributed by atoms with Crippen LogP contribution in [0.2, 0.25) is 0 Å². The third-order valence-corrected chi connectivity index (χ3v) is 6.60. The lowest BCUT2D eigenvalue weighted by Gasteiger charge is -2.13. The van der Waals surface area contributed by atoms with Gasteiger partial charge in [0.2, 0.25) is 0 Å². The minimum absolute atomic E-state index is 0.241. The average Bonchev–Trinajstić information content (AvgIpc) is 3.33. The molecule has 29 heavy (non-hydrogen) atoms. The van der Waals surface area contributed by atoms with Crippen molar-refractivity contribution in [3.63, 3.8) is 0 Å². The van der Waals surface area contributed by atoms with E-state index in [1.807, 2.05) is 18.5 Å². The number of alkyl halides is 3. The molecule has 0 aliphatic heterocycles. The first-order valence-electron chi connectivity index (χ1n) is 8.84. The Morgan fingerprint density at radius 1 is 1.03 bits per heavy atom. The number of thiazole rings is 1. The van der Waals surface area contributed by atoms with Gasteiger partial charge in [-0.2, -0.15) is 13.2 Å². The molecule has 4 nitrogen and oxygen atoms in total. The number of fused-ring (bicyclic) bond motifs is 1. The van der Waals surface area contributed by atoms with Crippen molar-refractivity contribution in [3.8, 4) is 9.75 Å². The number of aromatic nitrogens is 2. The summed E-state index contributed by atoms with van der Waals surface area (Å²) < 4.78 is 39.0. The molecule has 4 aromatic rings. The lowest BCUT2D eigenvalue weighted by Crippen LogP contribution is -2.31. The van der Waals surface area contributed by atoms with Gasteiger partial charge >= 0.3 is 6.18 Å². The number of hydrogen-bond donors (Lipinski definition) is 2. The minimum atomic E-state index is -4.32. The zero-order valence-electron chi connectivity index (χ0n) is 15.1. The number of benzene rings is 1. The Bertz CT molecular complexity index is 1070. The van der Waals surface area contributed by atoms with E-state index in [9.17, 15) is 13.2 Å². The largest absolute Gasteiger partial charge is 0.416 e. The van der Waals surface area contributed by atoms with Crippen LogP contribution in [0.15, 0.2) is 55.0 Å². The molecular formula is C20H17F3N4S2. The number of hydrogen-bond acceptors (Lipinski definition) is 6. The lowest BCUT2D eigenvalue weighted by molar-refractivity contribution is -0.137. The highest BCUT2D eigenvalue weighted by molar-refractivity contribution is 7.27. The van der Waals surface area contributed by atoms with Gasteiger partial charge in [0.15, 0.2) is 5.13 Å². The Morgan fingerprint density at radius 3 is 2.55 bits per heavy atom. The minimum Gasteiger partial charge on any atom is -0.360 e. The van der Waals surface area contributed by atoms with Gasteiger partial charge in [-0.1, -0.05) is 23.5 Å². The Labute approximate surface area is 173 Å². The smallest absolute Gasteiger partial charge is 0.360 e. The average molecular weight is 435 g/mol. The van der Waals surface area contributed by atoms with Crippen molar-refractivity contribution in [3.05, 3.63) is 66.1 Å². The molecule has 0 spiro atoms. The van der Waals surface area contributed by atoms with Crippen molar-refractivity contribution in [2.45, 2.75) is 18.6 Å². The molecule has 1 unspecified atom stereocenters. The summed E-state index contributed by atoms with van der Waals surface area (Å²) in [6.07, 6.45) is 1.61. The second kappa shape index (κ2) is 8.10. The Hall–Kier alpha value is -2.49. The van der Waals surface area contributed by atoms with E-state index < -0.39 is 11.7 Å². The number of thiophene rings is 1. The molecule has 3 heterocycles. The van der Waals surface area contributed by atoms with E-state index in [0.29, 0.717) is 13.0 Å². The molecule has 0 amide bonds. The standard InChI is InChI=1S/C20H17F3N4S2/c21-20(22,23)14-3-1-12(2-4-14)7-15(24)9-26-19-27-11-18(29-19)16-8-13-5-6-25-10-17(13)28-16/h1-6,8,10-11,15H,7,9,24H2,(H,26,27). The van der Waals surface area contributed by atoms with Gasteiger partial charge in [-0.3, -0.25) is 4.98 Å². The van der Waals surface area contributed by atoms with E-state index in [1.165, 1.54) is 12.1 Å². The number of rotatable bonds is 6. The van der Waals surface area contributed by atoms with Crippen LogP contribution in [0, 0.1) is 0 Å². The molecular weight excluding hydrogens is 417 g/mol. The monoisotopic (exact) mass is 434 g/mol. The van der Waals surface area contributed by atoms with Crippen LogP contribution in [0.4, 0.5) is 18.3 Å². The Morgan fingerprint density at radius 2 is 1.83 bits per heavy atom.